The Morgan fingerprint density at radius 1 is 0.350 bits per heavy atom. The van der Waals surface area contributed by atoms with Gasteiger partial charge < -0.3 is 4.42 Å². The zero-order valence-corrected chi connectivity index (χ0v) is 33.1. The predicted molar refractivity (Wildman–Crippen MR) is 256 cm³/mol. The molecule has 13 rings (SSSR count). The zero-order chi connectivity index (χ0) is 39.3. The highest BCUT2D eigenvalue weighted by atomic mass is 32.1. The highest BCUT2D eigenvalue weighted by Crippen LogP contribution is 2.49. The highest BCUT2D eigenvalue weighted by molar-refractivity contribution is 7.25. The van der Waals surface area contributed by atoms with E-state index in [4.69, 9.17) is 4.42 Å². The van der Waals surface area contributed by atoms with E-state index in [2.05, 4.69) is 200 Å². The molecule has 2 aromatic heterocycles. The molecule has 276 valence electrons. The van der Waals surface area contributed by atoms with Crippen LogP contribution in [-0.2, 0) is 0 Å². The molecule has 0 amide bonds. The summed E-state index contributed by atoms with van der Waals surface area (Å²) < 4.78 is 9.68. The molecule has 1 nitrogen and oxygen atoms in total. The van der Waals surface area contributed by atoms with E-state index in [0.29, 0.717) is 0 Å². The first-order chi connectivity index (χ1) is 29.8. The minimum absolute atomic E-state index is 0.868. The van der Waals surface area contributed by atoms with Crippen molar-refractivity contribution in [3.8, 4) is 44.5 Å². The molecule has 0 unspecified atom stereocenters. The quantitative estimate of drug-likeness (QED) is 0.162. The average molecular weight is 777 g/mol. The van der Waals surface area contributed by atoms with Gasteiger partial charge in [0.25, 0.3) is 0 Å². The molecular formula is C58H32OS. The Bertz CT molecular complexity index is 3770. The number of para-hydroxylation sites is 1. The van der Waals surface area contributed by atoms with E-state index in [1.54, 1.807) is 0 Å². The van der Waals surface area contributed by atoms with Gasteiger partial charge in [-0.15, -0.1) is 11.3 Å². The number of thiophene rings is 1. The fourth-order valence-corrected chi connectivity index (χ4v) is 11.1. The van der Waals surface area contributed by atoms with Crippen LogP contribution in [0.1, 0.15) is 0 Å². The first-order valence-corrected chi connectivity index (χ1v) is 21.2. The van der Waals surface area contributed by atoms with Gasteiger partial charge in [0, 0.05) is 53.0 Å². The second kappa shape index (κ2) is 12.9. The molecule has 0 N–H and O–H groups in total. The Labute approximate surface area is 350 Å². The molecule has 2 heterocycles. The van der Waals surface area contributed by atoms with Crippen LogP contribution in [0.4, 0.5) is 0 Å². The van der Waals surface area contributed by atoms with Crippen molar-refractivity contribution in [1.82, 2.24) is 0 Å². The molecule has 0 spiro atoms. The van der Waals surface area contributed by atoms with Crippen LogP contribution in [0.25, 0.3) is 130 Å². The van der Waals surface area contributed by atoms with Gasteiger partial charge in [0.15, 0.2) is 0 Å². The summed E-state index contributed by atoms with van der Waals surface area (Å²) in [6.07, 6.45) is 0. The highest BCUT2D eigenvalue weighted by Gasteiger charge is 2.22. The summed E-state index contributed by atoms with van der Waals surface area (Å²) in [5.74, 6) is 0. The third kappa shape index (κ3) is 4.82. The normalized spacial score (nSPS) is 11.9. The first kappa shape index (κ1) is 33.3. The monoisotopic (exact) mass is 776 g/mol. The van der Waals surface area contributed by atoms with E-state index in [1.807, 2.05) is 17.4 Å². The van der Waals surface area contributed by atoms with Crippen molar-refractivity contribution in [1.29, 1.82) is 0 Å². The van der Waals surface area contributed by atoms with Crippen LogP contribution in [-0.4, -0.2) is 0 Å². The van der Waals surface area contributed by atoms with Gasteiger partial charge in [-0.25, -0.2) is 0 Å². The number of fused-ring (bicyclic) bond motifs is 10. The largest absolute Gasteiger partial charge is 0.455 e. The van der Waals surface area contributed by atoms with Crippen molar-refractivity contribution >= 4 is 96.5 Å². The van der Waals surface area contributed by atoms with Gasteiger partial charge in [-0.2, -0.15) is 0 Å². The summed E-state index contributed by atoms with van der Waals surface area (Å²) in [7, 11) is 0. The minimum atomic E-state index is 0.868. The molecule has 0 saturated heterocycles. The topological polar surface area (TPSA) is 13.1 Å². The Kier molecular flexibility index (Phi) is 7.16. The number of furan rings is 1. The Balaban J connectivity index is 1.03. The smallest absolute Gasteiger partial charge is 0.143 e. The van der Waals surface area contributed by atoms with Crippen molar-refractivity contribution in [2.75, 3.05) is 0 Å². The lowest BCUT2D eigenvalue weighted by Crippen LogP contribution is -1.90. The Hall–Kier alpha value is -7.70. The molecule has 0 aliphatic heterocycles. The molecule has 60 heavy (non-hydrogen) atoms. The van der Waals surface area contributed by atoms with Crippen LogP contribution in [0.3, 0.4) is 0 Å². The average Bonchev–Trinajstić information content (AvgIpc) is 3.88. The molecule has 0 fully saturated rings. The maximum atomic E-state index is 7.08. The maximum Gasteiger partial charge on any atom is 0.143 e. The van der Waals surface area contributed by atoms with Gasteiger partial charge in [0.2, 0.25) is 0 Å². The van der Waals surface area contributed by atoms with E-state index >= 15 is 0 Å². The standard InChI is InChI=1S/C58H32OS/c1-2-15-35(16-3-1)54-45-22-8-10-24-47(45)57(48-25-11-9-23-46(48)54)50-27-14-26-49-38-31-29-36(33-51(38)59-58(49)50)55-41-18-4-6-20-43(41)56(44-21-7-5-19-42(44)55)37-30-32-40-39-17-12-13-28-52(39)60-53(40)34-37/h1-6,8-20,22-34H. The second-order valence-corrected chi connectivity index (χ2v) is 16.8. The molecule has 0 bridgehead atoms. The summed E-state index contributed by atoms with van der Waals surface area (Å²) in [6.45, 7) is 0. The molecule has 0 aliphatic rings. The third-order valence-corrected chi connectivity index (χ3v) is 13.6. The molecule has 0 radical (unpaired) electrons. The van der Waals surface area contributed by atoms with Crippen LogP contribution >= 0.6 is 11.3 Å². The first-order valence-electron chi connectivity index (χ1n) is 20.4. The van der Waals surface area contributed by atoms with Crippen molar-refractivity contribution in [2.24, 2.45) is 0 Å². The summed E-state index contributed by atoms with van der Waals surface area (Å²) in [5, 5.41) is 14.3. The fourth-order valence-electron chi connectivity index (χ4n) is 9.97. The van der Waals surface area contributed by atoms with Gasteiger partial charge in [0.05, 0.1) is 0 Å². The van der Waals surface area contributed by atoms with E-state index in [9.17, 15) is 0 Å². The number of rotatable bonds is 4. The van der Waals surface area contributed by atoms with Crippen LogP contribution in [0, 0.1) is 12.1 Å². The van der Waals surface area contributed by atoms with Gasteiger partial charge >= 0.3 is 0 Å². The van der Waals surface area contributed by atoms with Gasteiger partial charge in [-0.1, -0.05) is 170 Å². The minimum Gasteiger partial charge on any atom is -0.455 e. The maximum absolute atomic E-state index is 7.08. The van der Waals surface area contributed by atoms with Gasteiger partial charge in [-0.3, -0.25) is 0 Å². The molecule has 0 aliphatic carbocycles. The van der Waals surface area contributed by atoms with E-state index in [-0.39, 0.29) is 0 Å². The SMILES string of the molecule is c1ccc2c(-c3ccc4c(c3)oc3c(-c5c6ccccc6c(-c6ccccc6)c6ccccc56)cccc34)c3ccccc3c(-c3ccc4c(c3)sc3ccccc34)c2c#1. The summed E-state index contributed by atoms with van der Waals surface area (Å²) in [6, 6.07) is 77.3. The van der Waals surface area contributed by atoms with Crippen LogP contribution in [0.5, 0.6) is 0 Å². The Morgan fingerprint density at radius 3 is 1.62 bits per heavy atom. The number of hydrogen-bond acceptors (Lipinski definition) is 2. The predicted octanol–water partition coefficient (Wildman–Crippen LogP) is 16.8. The number of hydrogen-bond donors (Lipinski definition) is 0. The molecule has 0 saturated carbocycles. The van der Waals surface area contributed by atoms with E-state index < -0.39 is 0 Å². The van der Waals surface area contributed by atoms with Gasteiger partial charge in [0.1, 0.15) is 11.2 Å². The second-order valence-electron chi connectivity index (χ2n) is 15.7. The fraction of sp³-hybridized carbons (Fsp3) is 0. The summed E-state index contributed by atoms with van der Waals surface area (Å²) in [5.41, 5.74) is 11.2. The van der Waals surface area contributed by atoms with Crippen molar-refractivity contribution in [3.05, 3.63) is 206 Å². The van der Waals surface area contributed by atoms with Crippen LogP contribution in [0.2, 0.25) is 0 Å². The van der Waals surface area contributed by atoms with Crippen LogP contribution in [0.15, 0.2) is 199 Å². The van der Waals surface area contributed by atoms with Gasteiger partial charge in [-0.05, 0) is 102 Å². The Morgan fingerprint density at radius 2 is 0.900 bits per heavy atom. The van der Waals surface area contributed by atoms with Crippen molar-refractivity contribution in [2.45, 2.75) is 0 Å². The number of benzene rings is 10. The van der Waals surface area contributed by atoms with Crippen LogP contribution < -0.4 is 0 Å². The van der Waals surface area contributed by atoms with E-state index in [1.165, 1.54) is 85.9 Å². The zero-order valence-electron chi connectivity index (χ0n) is 32.3. The molecule has 11 aromatic carbocycles. The van der Waals surface area contributed by atoms with Crippen molar-refractivity contribution in [3.63, 3.8) is 0 Å². The third-order valence-electron chi connectivity index (χ3n) is 12.5. The lowest BCUT2D eigenvalue weighted by atomic mass is 9.85. The lowest BCUT2D eigenvalue weighted by Gasteiger charge is -2.17. The summed E-state index contributed by atoms with van der Waals surface area (Å²) >= 11 is 1.86. The molecule has 2 heteroatoms. The molecule has 0 atom stereocenters. The van der Waals surface area contributed by atoms with E-state index in [0.717, 1.165) is 43.8 Å². The summed E-state index contributed by atoms with van der Waals surface area (Å²) in [4.78, 5) is 0. The molecule has 13 aromatic rings. The lowest BCUT2D eigenvalue weighted by molar-refractivity contribution is 0.670. The molecular weight excluding hydrogens is 745 g/mol. The van der Waals surface area contributed by atoms with Crippen molar-refractivity contribution < 1.29 is 4.42 Å².